The van der Waals surface area contributed by atoms with Crippen LogP contribution in [-0.4, -0.2) is 19.7 Å². The van der Waals surface area contributed by atoms with E-state index < -0.39 is 5.82 Å². The van der Waals surface area contributed by atoms with Gasteiger partial charge < -0.3 is 0 Å². The first-order chi connectivity index (χ1) is 6.27. The summed E-state index contributed by atoms with van der Waals surface area (Å²) in [6.07, 6.45) is 4.10. The summed E-state index contributed by atoms with van der Waals surface area (Å²) in [5.74, 6) is -0.516. The zero-order valence-corrected chi connectivity index (χ0v) is 7.11. The number of aromatic nitrogens is 4. The summed E-state index contributed by atoms with van der Waals surface area (Å²) < 4.78 is 14.4. The molecule has 0 N–H and O–H groups in total. The van der Waals surface area contributed by atoms with Crippen molar-refractivity contribution in [2.24, 2.45) is 0 Å². The monoisotopic (exact) mass is 198 g/mol. The van der Waals surface area contributed by atoms with Crippen LogP contribution >= 0.6 is 11.6 Å². The molecule has 0 aliphatic heterocycles. The Bertz CT molecular complexity index is 414. The number of hydrogen-bond acceptors (Lipinski definition) is 3. The summed E-state index contributed by atoms with van der Waals surface area (Å²) in [6.45, 7) is 0. The van der Waals surface area contributed by atoms with Crippen molar-refractivity contribution in [3.63, 3.8) is 0 Å². The van der Waals surface area contributed by atoms with E-state index in [-0.39, 0.29) is 11.1 Å². The summed E-state index contributed by atoms with van der Waals surface area (Å²) in [4.78, 5) is 7.18. The predicted molar refractivity (Wildman–Crippen MR) is 44.1 cm³/mol. The smallest absolute Gasteiger partial charge is 0.223 e. The fourth-order valence-electron chi connectivity index (χ4n) is 0.892. The lowest BCUT2D eigenvalue weighted by atomic mass is 10.5. The van der Waals surface area contributed by atoms with Gasteiger partial charge in [0.05, 0.1) is 6.20 Å². The lowest BCUT2D eigenvalue weighted by Gasteiger charge is -2.00. The fourth-order valence-corrected chi connectivity index (χ4v) is 1.02. The van der Waals surface area contributed by atoms with Crippen LogP contribution in [0.5, 0.6) is 0 Å². The Morgan fingerprint density at radius 3 is 3.00 bits per heavy atom. The van der Waals surface area contributed by atoms with E-state index in [2.05, 4.69) is 15.1 Å². The fraction of sp³-hybridized carbons (Fsp3) is 0. The number of rotatable bonds is 1. The zero-order chi connectivity index (χ0) is 9.26. The Kier molecular flexibility index (Phi) is 1.94. The molecular formula is C7H4ClFN4. The maximum absolute atomic E-state index is 13.1. The summed E-state index contributed by atoms with van der Waals surface area (Å²) in [6, 6.07) is 1.66. The van der Waals surface area contributed by atoms with Crippen LogP contribution in [0.3, 0.4) is 0 Å². The van der Waals surface area contributed by atoms with Crippen molar-refractivity contribution in [3.8, 4) is 5.82 Å². The van der Waals surface area contributed by atoms with Gasteiger partial charge in [0.1, 0.15) is 0 Å². The molecule has 2 rings (SSSR count). The molecule has 0 radical (unpaired) electrons. The van der Waals surface area contributed by atoms with Crippen molar-refractivity contribution < 1.29 is 4.39 Å². The van der Waals surface area contributed by atoms with E-state index in [1.54, 1.807) is 12.3 Å². The van der Waals surface area contributed by atoms with Crippen molar-refractivity contribution in [1.82, 2.24) is 19.7 Å². The second-order valence-corrected chi connectivity index (χ2v) is 2.60. The van der Waals surface area contributed by atoms with Gasteiger partial charge in [0.15, 0.2) is 11.6 Å². The number of hydrogen-bond donors (Lipinski definition) is 0. The largest absolute Gasteiger partial charge is 0.224 e. The molecule has 0 amide bonds. The molecule has 0 saturated carbocycles. The van der Waals surface area contributed by atoms with Crippen LogP contribution in [0.25, 0.3) is 5.82 Å². The Morgan fingerprint density at radius 2 is 2.31 bits per heavy atom. The van der Waals surface area contributed by atoms with E-state index >= 15 is 0 Å². The average Bonchev–Trinajstić information content (AvgIpc) is 2.61. The summed E-state index contributed by atoms with van der Waals surface area (Å²) in [5.41, 5.74) is 0. The molecule has 0 aromatic carbocycles. The molecule has 0 aliphatic carbocycles. The summed E-state index contributed by atoms with van der Waals surface area (Å²) in [5, 5.41) is 3.81. The summed E-state index contributed by atoms with van der Waals surface area (Å²) >= 11 is 5.50. The number of halogens is 2. The lowest BCUT2D eigenvalue weighted by molar-refractivity contribution is 0.592. The van der Waals surface area contributed by atoms with Gasteiger partial charge in [-0.2, -0.15) is 10.1 Å². The molecule has 13 heavy (non-hydrogen) atoms. The third kappa shape index (κ3) is 1.50. The Labute approximate surface area is 78.0 Å². The van der Waals surface area contributed by atoms with Crippen LogP contribution in [0.2, 0.25) is 5.28 Å². The van der Waals surface area contributed by atoms with E-state index in [0.717, 1.165) is 6.20 Å². The molecule has 0 aliphatic rings. The van der Waals surface area contributed by atoms with Gasteiger partial charge in [-0.1, -0.05) is 0 Å². The molecule has 0 fully saturated rings. The predicted octanol–water partition coefficient (Wildman–Crippen LogP) is 1.45. The first-order valence-electron chi connectivity index (χ1n) is 3.45. The van der Waals surface area contributed by atoms with E-state index in [0.29, 0.717) is 0 Å². The molecule has 4 nitrogen and oxygen atoms in total. The van der Waals surface area contributed by atoms with E-state index in [1.165, 1.54) is 10.9 Å². The maximum Gasteiger partial charge on any atom is 0.224 e. The van der Waals surface area contributed by atoms with Gasteiger partial charge >= 0.3 is 0 Å². The van der Waals surface area contributed by atoms with Crippen LogP contribution < -0.4 is 0 Å². The maximum atomic E-state index is 13.1. The second kappa shape index (κ2) is 3.10. The quantitative estimate of drug-likeness (QED) is 0.652. The van der Waals surface area contributed by atoms with Crippen molar-refractivity contribution in [2.45, 2.75) is 0 Å². The highest BCUT2D eigenvalue weighted by Gasteiger charge is 2.07. The Hall–Kier alpha value is -1.49. The first-order valence-corrected chi connectivity index (χ1v) is 3.83. The van der Waals surface area contributed by atoms with Gasteiger partial charge in [0.2, 0.25) is 5.28 Å². The minimum atomic E-state index is -0.562. The molecule has 0 spiro atoms. The molecule has 2 aromatic heterocycles. The van der Waals surface area contributed by atoms with Gasteiger partial charge in [-0.25, -0.2) is 14.1 Å². The van der Waals surface area contributed by atoms with Crippen molar-refractivity contribution in [3.05, 3.63) is 35.8 Å². The average molecular weight is 199 g/mol. The third-order valence-electron chi connectivity index (χ3n) is 1.42. The first kappa shape index (κ1) is 8.12. The highest BCUT2D eigenvalue weighted by molar-refractivity contribution is 6.28. The van der Waals surface area contributed by atoms with E-state index in [1.807, 2.05) is 0 Å². The zero-order valence-electron chi connectivity index (χ0n) is 6.35. The lowest BCUT2D eigenvalue weighted by Crippen LogP contribution is -2.02. The van der Waals surface area contributed by atoms with Gasteiger partial charge in [-0.15, -0.1) is 0 Å². The van der Waals surface area contributed by atoms with Gasteiger partial charge in [0.25, 0.3) is 0 Å². The van der Waals surface area contributed by atoms with E-state index in [9.17, 15) is 4.39 Å². The van der Waals surface area contributed by atoms with Crippen LogP contribution in [0, 0.1) is 5.82 Å². The second-order valence-electron chi connectivity index (χ2n) is 2.26. The van der Waals surface area contributed by atoms with E-state index in [4.69, 9.17) is 11.6 Å². The molecule has 0 atom stereocenters. The molecule has 6 heteroatoms. The molecule has 0 saturated heterocycles. The highest BCUT2D eigenvalue weighted by atomic mass is 35.5. The van der Waals surface area contributed by atoms with Crippen molar-refractivity contribution >= 4 is 11.6 Å². The Morgan fingerprint density at radius 1 is 1.46 bits per heavy atom. The van der Waals surface area contributed by atoms with Crippen molar-refractivity contribution in [1.29, 1.82) is 0 Å². The molecule has 2 heterocycles. The Balaban J connectivity index is 2.57. The minimum Gasteiger partial charge on any atom is -0.223 e. The minimum absolute atomic E-state index is 0.00750. The van der Waals surface area contributed by atoms with Gasteiger partial charge in [-0.05, 0) is 17.7 Å². The van der Waals surface area contributed by atoms with Crippen LogP contribution in [-0.2, 0) is 0 Å². The van der Waals surface area contributed by atoms with Gasteiger partial charge in [-0.3, -0.25) is 0 Å². The molecular weight excluding hydrogens is 195 g/mol. The molecule has 0 bridgehead atoms. The standard InChI is InChI=1S/C7H4ClFN4/c8-7-10-4-5(9)6(12-7)13-3-1-2-11-13/h1-4H. The van der Waals surface area contributed by atoms with Crippen LogP contribution in [0.4, 0.5) is 4.39 Å². The van der Waals surface area contributed by atoms with Gasteiger partial charge in [0, 0.05) is 12.4 Å². The SMILES string of the molecule is Fc1cnc(Cl)nc1-n1cccn1. The van der Waals surface area contributed by atoms with Crippen LogP contribution in [0.1, 0.15) is 0 Å². The molecule has 66 valence electrons. The van der Waals surface area contributed by atoms with Crippen LogP contribution in [0.15, 0.2) is 24.7 Å². The highest BCUT2D eigenvalue weighted by Crippen LogP contribution is 2.10. The topological polar surface area (TPSA) is 43.6 Å². The summed E-state index contributed by atoms with van der Waals surface area (Å²) in [7, 11) is 0. The molecule has 2 aromatic rings. The number of nitrogens with zero attached hydrogens (tertiary/aromatic N) is 4. The normalized spacial score (nSPS) is 10.3. The van der Waals surface area contributed by atoms with Crippen molar-refractivity contribution in [2.75, 3.05) is 0 Å². The molecule has 0 unspecified atom stereocenters. The third-order valence-corrected chi connectivity index (χ3v) is 1.60.